The van der Waals surface area contributed by atoms with E-state index in [1.54, 1.807) is 0 Å². The molecule has 2 aromatic carbocycles. The Bertz CT molecular complexity index is 892. The molecule has 1 N–H and O–H groups in total. The van der Waals surface area contributed by atoms with Crippen molar-refractivity contribution in [1.29, 1.82) is 0 Å². The van der Waals surface area contributed by atoms with Crippen molar-refractivity contribution in [2.75, 3.05) is 18.0 Å². The molecule has 0 aliphatic carbocycles. The zero-order valence-corrected chi connectivity index (χ0v) is 15.2. The molecular formula is C22H25N3O. The Hall–Kier alpha value is -2.75. The van der Waals surface area contributed by atoms with Gasteiger partial charge in [0.15, 0.2) is 0 Å². The van der Waals surface area contributed by atoms with Gasteiger partial charge >= 0.3 is 0 Å². The fraction of sp³-hybridized carbons (Fsp3) is 0.318. The first kappa shape index (κ1) is 16.7. The molecule has 1 aliphatic heterocycles. The van der Waals surface area contributed by atoms with Gasteiger partial charge in [0.1, 0.15) is 0 Å². The zero-order valence-electron chi connectivity index (χ0n) is 15.2. The van der Waals surface area contributed by atoms with Crippen LogP contribution in [0.3, 0.4) is 0 Å². The maximum absolute atomic E-state index is 12.6. The number of nitrogens with zero attached hydrogens (tertiary/aromatic N) is 2. The number of hydrogen-bond donors (Lipinski definition) is 1. The molecular weight excluding hydrogens is 322 g/mol. The van der Waals surface area contributed by atoms with Gasteiger partial charge in [-0.1, -0.05) is 36.4 Å². The monoisotopic (exact) mass is 347 g/mol. The maximum atomic E-state index is 12.6. The predicted octanol–water partition coefficient (Wildman–Crippen LogP) is 3.51. The number of aryl methyl sites for hydroxylation is 1. The van der Waals surface area contributed by atoms with Crippen LogP contribution in [0.15, 0.2) is 60.8 Å². The van der Waals surface area contributed by atoms with Crippen LogP contribution in [-0.4, -0.2) is 29.6 Å². The number of nitrogens with one attached hydrogen (secondary N) is 1. The molecule has 3 aromatic rings. The highest BCUT2D eigenvalue weighted by Crippen LogP contribution is 2.22. The summed E-state index contributed by atoms with van der Waals surface area (Å²) in [6.07, 6.45) is 4.51. The van der Waals surface area contributed by atoms with Gasteiger partial charge in [0, 0.05) is 49.0 Å². The highest BCUT2D eigenvalue weighted by atomic mass is 16.1. The molecule has 1 aromatic heterocycles. The second-order valence-electron chi connectivity index (χ2n) is 7.12. The van der Waals surface area contributed by atoms with Crippen LogP contribution in [0, 0.1) is 0 Å². The van der Waals surface area contributed by atoms with Gasteiger partial charge in [0.05, 0.1) is 6.42 Å². The molecule has 1 fully saturated rings. The van der Waals surface area contributed by atoms with Gasteiger partial charge in [-0.25, -0.2) is 0 Å². The molecule has 0 radical (unpaired) electrons. The lowest BCUT2D eigenvalue weighted by atomic mass is 10.0. The molecule has 1 aliphatic rings. The summed E-state index contributed by atoms with van der Waals surface area (Å²) in [7, 11) is 2.03. The van der Waals surface area contributed by atoms with Crippen molar-refractivity contribution in [3.8, 4) is 0 Å². The van der Waals surface area contributed by atoms with E-state index in [1.807, 2.05) is 25.2 Å². The predicted molar refractivity (Wildman–Crippen MR) is 106 cm³/mol. The van der Waals surface area contributed by atoms with Crippen LogP contribution in [-0.2, 0) is 18.3 Å². The minimum absolute atomic E-state index is 0.125. The number of rotatable bonds is 4. The molecule has 4 rings (SSSR count). The van der Waals surface area contributed by atoms with Crippen LogP contribution in [0.4, 0.5) is 5.69 Å². The fourth-order valence-electron chi connectivity index (χ4n) is 3.94. The Morgan fingerprint density at radius 3 is 2.50 bits per heavy atom. The van der Waals surface area contributed by atoms with Gasteiger partial charge in [-0.2, -0.15) is 0 Å². The van der Waals surface area contributed by atoms with E-state index in [9.17, 15) is 4.79 Å². The highest BCUT2D eigenvalue weighted by Gasteiger charge is 2.21. The fourth-order valence-corrected chi connectivity index (χ4v) is 3.94. The van der Waals surface area contributed by atoms with E-state index in [1.165, 1.54) is 16.6 Å². The minimum Gasteiger partial charge on any atom is -0.371 e. The van der Waals surface area contributed by atoms with Crippen LogP contribution in [0.25, 0.3) is 10.9 Å². The molecule has 4 nitrogen and oxygen atoms in total. The number of aromatic nitrogens is 1. The van der Waals surface area contributed by atoms with Gasteiger partial charge in [0.25, 0.3) is 0 Å². The average Bonchev–Trinajstić information content (AvgIpc) is 2.99. The molecule has 0 spiro atoms. The van der Waals surface area contributed by atoms with Gasteiger partial charge in [0.2, 0.25) is 5.91 Å². The first-order valence-corrected chi connectivity index (χ1v) is 9.33. The van der Waals surface area contributed by atoms with Crippen molar-refractivity contribution in [1.82, 2.24) is 9.88 Å². The number of hydrogen-bond acceptors (Lipinski definition) is 2. The third kappa shape index (κ3) is 3.45. The lowest BCUT2D eigenvalue weighted by molar-refractivity contribution is -0.121. The number of piperidine rings is 1. The lowest BCUT2D eigenvalue weighted by Crippen LogP contribution is -2.45. The van der Waals surface area contributed by atoms with Crippen LogP contribution < -0.4 is 10.2 Å². The summed E-state index contributed by atoms with van der Waals surface area (Å²) >= 11 is 0. The number of benzene rings is 2. The smallest absolute Gasteiger partial charge is 0.224 e. The third-order valence-electron chi connectivity index (χ3n) is 5.31. The molecule has 0 atom stereocenters. The summed E-state index contributed by atoms with van der Waals surface area (Å²) in [5, 5.41) is 4.41. The third-order valence-corrected chi connectivity index (χ3v) is 5.31. The summed E-state index contributed by atoms with van der Waals surface area (Å²) < 4.78 is 2.09. The van der Waals surface area contributed by atoms with E-state index in [0.29, 0.717) is 6.42 Å². The van der Waals surface area contributed by atoms with E-state index in [2.05, 4.69) is 57.4 Å². The van der Waals surface area contributed by atoms with Crippen molar-refractivity contribution in [2.24, 2.45) is 7.05 Å². The van der Waals surface area contributed by atoms with Crippen LogP contribution in [0.2, 0.25) is 0 Å². The van der Waals surface area contributed by atoms with Crippen molar-refractivity contribution >= 4 is 22.5 Å². The first-order valence-electron chi connectivity index (χ1n) is 9.33. The number of anilines is 1. The largest absolute Gasteiger partial charge is 0.371 e. The molecule has 2 heterocycles. The summed E-state index contributed by atoms with van der Waals surface area (Å²) in [5.74, 6) is 0.125. The zero-order chi connectivity index (χ0) is 17.9. The molecule has 134 valence electrons. The van der Waals surface area contributed by atoms with E-state index in [0.717, 1.165) is 31.5 Å². The highest BCUT2D eigenvalue weighted by molar-refractivity contribution is 5.89. The van der Waals surface area contributed by atoms with E-state index in [4.69, 9.17) is 0 Å². The van der Waals surface area contributed by atoms with E-state index >= 15 is 0 Å². The molecule has 26 heavy (non-hydrogen) atoms. The second-order valence-corrected chi connectivity index (χ2v) is 7.12. The van der Waals surface area contributed by atoms with Crippen LogP contribution in [0.1, 0.15) is 18.4 Å². The quantitative estimate of drug-likeness (QED) is 0.784. The Labute approximate surface area is 154 Å². The van der Waals surface area contributed by atoms with Crippen LogP contribution in [0.5, 0.6) is 0 Å². The SMILES string of the molecule is Cn1cc(CC(=O)NC2CCN(c3ccccc3)CC2)c2ccccc21. The summed E-state index contributed by atoms with van der Waals surface area (Å²) in [6.45, 7) is 1.98. The second kappa shape index (κ2) is 7.24. The van der Waals surface area contributed by atoms with Crippen molar-refractivity contribution in [3.05, 3.63) is 66.4 Å². The standard InChI is InChI=1S/C22H25N3O/c1-24-16-17(20-9-5-6-10-21(20)24)15-22(26)23-18-11-13-25(14-12-18)19-7-3-2-4-8-19/h2-10,16,18H,11-15H2,1H3,(H,23,26). The van der Waals surface area contributed by atoms with E-state index in [-0.39, 0.29) is 11.9 Å². The van der Waals surface area contributed by atoms with Crippen LogP contribution >= 0.6 is 0 Å². The van der Waals surface area contributed by atoms with Gasteiger partial charge in [-0.05, 0) is 36.6 Å². The normalized spacial score (nSPS) is 15.3. The summed E-state index contributed by atoms with van der Waals surface area (Å²) in [4.78, 5) is 14.9. The lowest BCUT2D eigenvalue weighted by Gasteiger charge is -2.34. The Balaban J connectivity index is 1.34. The Morgan fingerprint density at radius 1 is 1.04 bits per heavy atom. The number of carbonyl (C=O) groups excluding carboxylic acids is 1. The molecule has 0 bridgehead atoms. The maximum Gasteiger partial charge on any atom is 0.224 e. The molecule has 1 saturated heterocycles. The number of carbonyl (C=O) groups is 1. The molecule has 4 heteroatoms. The molecule has 0 saturated carbocycles. The van der Waals surface area contributed by atoms with Gasteiger partial charge in [-0.15, -0.1) is 0 Å². The average molecular weight is 347 g/mol. The summed E-state index contributed by atoms with van der Waals surface area (Å²) in [6, 6.07) is 19.0. The number of para-hydroxylation sites is 2. The van der Waals surface area contributed by atoms with Gasteiger partial charge < -0.3 is 14.8 Å². The Kier molecular flexibility index (Phi) is 4.65. The Morgan fingerprint density at radius 2 is 1.73 bits per heavy atom. The minimum atomic E-state index is 0.125. The summed E-state index contributed by atoms with van der Waals surface area (Å²) in [5.41, 5.74) is 3.54. The van der Waals surface area contributed by atoms with E-state index < -0.39 is 0 Å². The topological polar surface area (TPSA) is 37.3 Å². The number of amides is 1. The molecule has 0 unspecified atom stereocenters. The first-order chi connectivity index (χ1) is 12.7. The number of fused-ring (bicyclic) bond motifs is 1. The molecule has 1 amide bonds. The van der Waals surface area contributed by atoms with Gasteiger partial charge in [-0.3, -0.25) is 4.79 Å². The van der Waals surface area contributed by atoms with Crippen molar-refractivity contribution in [2.45, 2.75) is 25.3 Å². The van der Waals surface area contributed by atoms with Crippen molar-refractivity contribution < 1.29 is 4.79 Å². The van der Waals surface area contributed by atoms with Crippen molar-refractivity contribution in [3.63, 3.8) is 0 Å².